The Bertz CT molecular complexity index is 1600. The summed E-state index contributed by atoms with van der Waals surface area (Å²) in [6.07, 6.45) is 5.54. The molecule has 1 N–H and O–H groups in total. The zero-order chi connectivity index (χ0) is 29.7. The Kier molecular flexibility index (Phi) is 10.2. The molecule has 0 aliphatic rings. The van der Waals surface area contributed by atoms with E-state index in [0.717, 1.165) is 46.7 Å². The molecule has 0 spiro atoms. The molecule has 8 nitrogen and oxygen atoms in total. The SMILES string of the molecule is CCCCOc1ccc(OCC(=O)N/N=C\c2cn(-c3ccccc3)nc2-c2ccc(OCc3ccccc3)cc2)cc1. The number of ether oxygens (including phenoxy) is 3. The highest BCUT2D eigenvalue weighted by molar-refractivity contribution is 5.89. The van der Waals surface area contributed by atoms with Gasteiger partial charge in [0.05, 0.1) is 18.5 Å². The molecule has 5 aromatic rings. The van der Waals surface area contributed by atoms with E-state index in [-0.39, 0.29) is 12.5 Å². The highest BCUT2D eigenvalue weighted by Gasteiger charge is 2.12. The highest BCUT2D eigenvalue weighted by atomic mass is 16.5. The molecule has 1 heterocycles. The second-order valence-corrected chi connectivity index (χ2v) is 9.77. The number of nitrogens with one attached hydrogen (secondary N) is 1. The molecule has 8 heteroatoms. The van der Waals surface area contributed by atoms with E-state index in [4.69, 9.17) is 19.3 Å². The van der Waals surface area contributed by atoms with Crippen LogP contribution in [0.25, 0.3) is 16.9 Å². The number of hydrogen-bond acceptors (Lipinski definition) is 6. The first-order valence-electron chi connectivity index (χ1n) is 14.3. The maximum Gasteiger partial charge on any atom is 0.277 e. The molecule has 0 aliphatic heterocycles. The molecule has 0 saturated heterocycles. The average Bonchev–Trinajstić information content (AvgIpc) is 3.49. The van der Waals surface area contributed by atoms with Crippen LogP contribution in [0.4, 0.5) is 0 Å². The monoisotopic (exact) mass is 574 g/mol. The van der Waals surface area contributed by atoms with Crippen molar-refractivity contribution in [2.24, 2.45) is 5.10 Å². The molecule has 0 atom stereocenters. The summed E-state index contributed by atoms with van der Waals surface area (Å²) < 4.78 is 19.0. The number of nitrogens with zero attached hydrogens (tertiary/aromatic N) is 3. The quantitative estimate of drug-likeness (QED) is 0.0893. The minimum Gasteiger partial charge on any atom is -0.494 e. The summed E-state index contributed by atoms with van der Waals surface area (Å²) in [5.74, 6) is 1.73. The summed E-state index contributed by atoms with van der Waals surface area (Å²) in [6, 6.07) is 34.8. The van der Waals surface area contributed by atoms with Crippen molar-refractivity contribution in [3.8, 4) is 34.2 Å². The number of hydrazone groups is 1. The van der Waals surface area contributed by atoms with E-state index in [1.54, 1.807) is 23.0 Å². The number of unbranched alkanes of at least 4 members (excludes halogenated alkanes) is 1. The van der Waals surface area contributed by atoms with Crippen LogP contribution >= 0.6 is 0 Å². The minimum absolute atomic E-state index is 0.173. The Labute approximate surface area is 251 Å². The van der Waals surface area contributed by atoms with E-state index in [1.165, 1.54) is 0 Å². The first-order chi connectivity index (χ1) is 21.2. The van der Waals surface area contributed by atoms with Crippen molar-refractivity contribution >= 4 is 12.1 Å². The fraction of sp³-hybridized carbons (Fsp3) is 0.171. The Morgan fingerprint density at radius 2 is 1.44 bits per heavy atom. The van der Waals surface area contributed by atoms with E-state index in [2.05, 4.69) is 17.5 Å². The second-order valence-electron chi connectivity index (χ2n) is 9.77. The van der Waals surface area contributed by atoms with Crippen LogP contribution in [0.3, 0.4) is 0 Å². The molecule has 5 rings (SSSR count). The van der Waals surface area contributed by atoms with Gasteiger partial charge in [0.25, 0.3) is 5.91 Å². The van der Waals surface area contributed by atoms with Gasteiger partial charge in [-0.25, -0.2) is 10.1 Å². The van der Waals surface area contributed by atoms with Crippen molar-refractivity contribution in [1.82, 2.24) is 15.2 Å². The van der Waals surface area contributed by atoms with E-state index in [9.17, 15) is 4.79 Å². The van der Waals surface area contributed by atoms with Gasteiger partial charge in [0, 0.05) is 17.3 Å². The van der Waals surface area contributed by atoms with Crippen molar-refractivity contribution in [1.29, 1.82) is 0 Å². The summed E-state index contributed by atoms with van der Waals surface area (Å²) in [5.41, 5.74) is 6.89. The van der Waals surface area contributed by atoms with Gasteiger partial charge in [-0.05, 0) is 72.6 Å². The number of hydrogen-bond donors (Lipinski definition) is 1. The van der Waals surface area contributed by atoms with Gasteiger partial charge >= 0.3 is 0 Å². The first kappa shape index (κ1) is 29.1. The number of carbonyl (C=O) groups is 1. The molecule has 0 fully saturated rings. The van der Waals surface area contributed by atoms with Gasteiger partial charge in [-0.3, -0.25) is 4.79 Å². The summed E-state index contributed by atoms with van der Waals surface area (Å²) in [7, 11) is 0. The largest absolute Gasteiger partial charge is 0.494 e. The third kappa shape index (κ3) is 8.56. The summed E-state index contributed by atoms with van der Waals surface area (Å²) in [6.45, 7) is 3.11. The lowest BCUT2D eigenvalue weighted by molar-refractivity contribution is -0.123. The molecular weight excluding hydrogens is 540 g/mol. The highest BCUT2D eigenvalue weighted by Crippen LogP contribution is 2.25. The maximum absolute atomic E-state index is 12.4. The van der Waals surface area contributed by atoms with E-state index in [1.807, 2.05) is 103 Å². The van der Waals surface area contributed by atoms with Crippen LogP contribution in [0.1, 0.15) is 30.9 Å². The fourth-order valence-electron chi connectivity index (χ4n) is 4.19. The molecule has 1 aromatic heterocycles. The van der Waals surface area contributed by atoms with Crippen LogP contribution in [-0.2, 0) is 11.4 Å². The number of amides is 1. The summed E-state index contributed by atoms with van der Waals surface area (Å²) >= 11 is 0. The van der Waals surface area contributed by atoms with Crippen LogP contribution in [0, 0.1) is 0 Å². The predicted octanol–water partition coefficient (Wildman–Crippen LogP) is 6.83. The third-order valence-corrected chi connectivity index (χ3v) is 6.49. The van der Waals surface area contributed by atoms with Crippen LogP contribution in [0.5, 0.6) is 17.2 Å². The molecule has 43 heavy (non-hydrogen) atoms. The van der Waals surface area contributed by atoms with Gasteiger partial charge in [-0.2, -0.15) is 10.2 Å². The van der Waals surface area contributed by atoms with Crippen LogP contribution in [0.15, 0.2) is 120 Å². The van der Waals surface area contributed by atoms with Gasteiger partial charge in [-0.15, -0.1) is 0 Å². The molecule has 4 aromatic carbocycles. The zero-order valence-electron chi connectivity index (χ0n) is 24.1. The normalized spacial score (nSPS) is 10.9. The molecule has 0 bridgehead atoms. The Balaban J connectivity index is 1.22. The second kappa shape index (κ2) is 15.0. The first-order valence-corrected chi connectivity index (χ1v) is 14.3. The predicted molar refractivity (Wildman–Crippen MR) is 168 cm³/mol. The van der Waals surface area contributed by atoms with E-state index in [0.29, 0.717) is 24.7 Å². The molecule has 0 radical (unpaired) electrons. The van der Waals surface area contributed by atoms with Gasteiger partial charge < -0.3 is 14.2 Å². The van der Waals surface area contributed by atoms with Gasteiger partial charge in [0.15, 0.2) is 6.61 Å². The third-order valence-electron chi connectivity index (χ3n) is 6.49. The lowest BCUT2D eigenvalue weighted by Crippen LogP contribution is -2.24. The van der Waals surface area contributed by atoms with Crippen LogP contribution < -0.4 is 19.6 Å². The topological polar surface area (TPSA) is 87.0 Å². The van der Waals surface area contributed by atoms with E-state index >= 15 is 0 Å². The molecule has 218 valence electrons. The standard InChI is InChI=1S/C35H34N4O4/c1-2-3-22-41-31-18-20-33(21-19-31)43-26-34(40)37-36-23-29-24-39(30-12-8-5-9-13-30)38-35(29)28-14-16-32(17-15-28)42-25-27-10-6-4-7-11-27/h4-21,23-24H,2-3,22,25-26H2,1H3,(H,37,40)/b36-23-. The lowest BCUT2D eigenvalue weighted by Gasteiger charge is -2.08. The molecule has 0 saturated carbocycles. The Morgan fingerprint density at radius 1 is 0.814 bits per heavy atom. The molecule has 0 unspecified atom stereocenters. The molecule has 0 aliphatic carbocycles. The van der Waals surface area contributed by atoms with Gasteiger partial charge in [0.1, 0.15) is 29.5 Å². The number of benzene rings is 4. The van der Waals surface area contributed by atoms with E-state index < -0.39 is 0 Å². The van der Waals surface area contributed by atoms with Gasteiger partial charge in [-0.1, -0.05) is 61.9 Å². The van der Waals surface area contributed by atoms with Crippen molar-refractivity contribution in [2.45, 2.75) is 26.4 Å². The van der Waals surface area contributed by atoms with Crippen molar-refractivity contribution in [3.05, 3.63) is 127 Å². The van der Waals surface area contributed by atoms with Crippen molar-refractivity contribution < 1.29 is 19.0 Å². The number of carbonyl (C=O) groups excluding carboxylic acids is 1. The maximum atomic E-state index is 12.4. The lowest BCUT2D eigenvalue weighted by atomic mass is 10.1. The average molecular weight is 575 g/mol. The number of para-hydroxylation sites is 1. The van der Waals surface area contributed by atoms with Crippen LogP contribution in [0.2, 0.25) is 0 Å². The Morgan fingerprint density at radius 3 is 2.14 bits per heavy atom. The van der Waals surface area contributed by atoms with Crippen molar-refractivity contribution in [3.63, 3.8) is 0 Å². The van der Waals surface area contributed by atoms with Crippen LogP contribution in [-0.4, -0.2) is 35.1 Å². The smallest absolute Gasteiger partial charge is 0.277 e. The zero-order valence-corrected chi connectivity index (χ0v) is 24.1. The van der Waals surface area contributed by atoms with Gasteiger partial charge in [0.2, 0.25) is 0 Å². The van der Waals surface area contributed by atoms with Crippen molar-refractivity contribution in [2.75, 3.05) is 13.2 Å². The number of rotatable bonds is 14. The number of aromatic nitrogens is 2. The molecular formula is C35H34N4O4. The summed E-state index contributed by atoms with van der Waals surface area (Å²) in [5, 5.41) is 9.00. The molecule has 1 amide bonds. The fourth-order valence-corrected chi connectivity index (χ4v) is 4.19. The summed E-state index contributed by atoms with van der Waals surface area (Å²) in [4.78, 5) is 12.4. The Hall–Kier alpha value is -5.37. The minimum atomic E-state index is -0.378.